The predicted octanol–water partition coefficient (Wildman–Crippen LogP) is 2.85. The molecule has 1 aromatic carbocycles. The van der Waals surface area contributed by atoms with E-state index in [0.717, 1.165) is 22.3 Å². The second-order valence-electron chi connectivity index (χ2n) is 6.14. The van der Waals surface area contributed by atoms with Crippen molar-refractivity contribution < 1.29 is 13.9 Å². The second-order valence-corrected chi connectivity index (χ2v) is 6.14. The Morgan fingerprint density at radius 2 is 2.12 bits per heavy atom. The minimum absolute atomic E-state index is 0.149. The van der Waals surface area contributed by atoms with Crippen LogP contribution in [0, 0.1) is 0 Å². The van der Waals surface area contributed by atoms with E-state index in [9.17, 15) is 4.79 Å². The quantitative estimate of drug-likeness (QED) is 0.517. The Kier molecular flexibility index (Phi) is 4.04. The number of imidazole rings is 1. The molecular formula is C19H18N4O3. The average Bonchev–Trinajstić information content (AvgIpc) is 3.35. The molecule has 0 saturated carbocycles. The lowest BCUT2D eigenvalue weighted by molar-refractivity contribution is -0.144. The average molecular weight is 350 g/mol. The van der Waals surface area contributed by atoms with Crippen molar-refractivity contribution in [3.63, 3.8) is 0 Å². The Morgan fingerprint density at radius 1 is 1.23 bits per heavy atom. The lowest BCUT2D eigenvalue weighted by Crippen LogP contribution is -2.11. The third kappa shape index (κ3) is 3.11. The number of rotatable bonds is 5. The number of hydrogen-bond donors (Lipinski definition) is 0. The van der Waals surface area contributed by atoms with Gasteiger partial charge in [0.25, 0.3) is 0 Å². The van der Waals surface area contributed by atoms with Gasteiger partial charge in [0, 0.05) is 19.8 Å². The fourth-order valence-electron chi connectivity index (χ4n) is 2.85. The van der Waals surface area contributed by atoms with Crippen LogP contribution < -0.4 is 0 Å². The van der Waals surface area contributed by atoms with Gasteiger partial charge in [-0.3, -0.25) is 9.48 Å². The van der Waals surface area contributed by atoms with Crippen LogP contribution in [0.5, 0.6) is 0 Å². The van der Waals surface area contributed by atoms with Gasteiger partial charge in [0.05, 0.1) is 30.0 Å². The summed E-state index contributed by atoms with van der Waals surface area (Å²) in [6.45, 7) is 0.217. The number of carbonyl (C=O) groups excluding carboxylic acids is 1. The molecule has 0 bridgehead atoms. The fraction of sp³-hybridized carbons (Fsp3) is 0.211. The number of esters is 1. The molecule has 7 nitrogen and oxygen atoms in total. The maximum Gasteiger partial charge on any atom is 0.312 e. The van der Waals surface area contributed by atoms with Crippen molar-refractivity contribution in [2.24, 2.45) is 14.1 Å². The highest BCUT2D eigenvalue weighted by molar-refractivity contribution is 5.76. The third-order valence-electron chi connectivity index (χ3n) is 4.27. The van der Waals surface area contributed by atoms with Gasteiger partial charge in [0.1, 0.15) is 12.3 Å². The van der Waals surface area contributed by atoms with E-state index in [0.29, 0.717) is 11.5 Å². The zero-order valence-electron chi connectivity index (χ0n) is 14.5. The maximum absolute atomic E-state index is 12.2. The minimum atomic E-state index is -0.305. The van der Waals surface area contributed by atoms with E-state index in [1.54, 1.807) is 30.4 Å². The molecule has 0 amide bonds. The Bertz CT molecular complexity index is 1060. The van der Waals surface area contributed by atoms with Crippen LogP contribution in [0.2, 0.25) is 0 Å². The molecule has 0 unspecified atom stereocenters. The molecule has 3 heterocycles. The molecule has 4 aromatic rings. The number of carbonyl (C=O) groups is 1. The van der Waals surface area contributed by atoms with Gasteiger partial charge >= 0.3 is 5.97 Å². The third-order valence-corrected chi connectivity index (χ3v) is 4.27. The first kappa shape index (κ1) is 16.1. The standard InChI is InChI=1S/C19H18N4O3/c1-22-12-20-15-8-13(5-6-17(15)22)11-26-19(24)10-14-9-16(21-23(14)2)18-4-3-7-25-18/h3-9,12H,10-11H2,1-2H3. The SMILES string of the molecule is Cn1nc(-c2ccco2)cc1CC(=O)OCc1ccc2c(c1)ncn2C. The number of ether oxygens (including phenoxy) is 1. The Morgan fingerprint density at radius 3 is 2.92 bits per heavy atom. The summed E-state index contributed by atoms with van der Waals surface area (Å²) in [7, 11) is 3.74. The van der Waals surface area contributed by atoms with Crippen LogP contribution in [0.15, 0.2) is 53.4 Å². The van der Waals surface area contributed by atoms with E-state index in [1.807, 2.05) is 41.9 Å². The maximum atomic E-state index is 12.2. The molecule has 0 saturated heterocycles. The van der Waals surface area contributed by atoms with Crippen molar-refractivity contribution in [3.05, 3.63) is 60.2 Å². The van der Waals surface area contributed by atoms with E-state index < -0.39 is 0 Å². The van der Waals surface area contributed by atoms with Crippen LogP contribution in [-0.4, -0.2) is 25.3 Å². The molecule has 0 spiro atoms. The summed E-state index contributed by atoms with van der Waals surface area (Å²) in [5.74, 6) is 0.365. The highest BCUT2D eigenvalue weighted by Gasteiger charge is 2.14. The summed E-state index contributed by atoms with van der Waals surface area (Å²) in [5.41, 5.74) is 4.30. The van der Waals surface area contributed by atoms with Gasteiger partial charge in [-0.1, -0.05) is 6.07 Å². The van der Waals surface area contributed by atoms with Crippen LogP contribution in [0.25, 0.3) is 22.5 Å². The van der Waals surface area contributed by atoms with Crippen LogP contribution in [0.3, 0.4) is 0 Å². The first-order chi connectivity index (χ1) is 12.6. The normalized spacial score (nSPS) is 11.2. The molecule has 7 heteroatoms. The molecule has 4 rings (SSSR count). The van der Waals surface area contributed by atoms with Gasteiger partial charge in [0.15, 0.2) is 5.76 Å². The van der Waals surface area contributed by atoms with Gasteiger partial charge in [-0.2, -0.15) is 5.10 Å². The Labute approximate surface area is 149 Å². The van der Waals surface area contributed by atoms with E-state index in [-0.39, 0.29) is 19.0 Å². The van der Waals surface area contributed by atoms with Crippen LogP contribution >= 0.6 is 0 Å². The molecule has 0 aliphatic rings. The Hall–Kier alpha value is -3.35. The molecule has 0 N–H and O–H groups in total. The molecule has 0 aliphatic carbocycles. The molecule has 0 aliphatic heterocycles. The van der Waals surface area contributed by atoms with Crippen molar-refractivity contribution in [1.29, 1.82) is 0 Å². The van der Waals surface area contributed by atoms with Gasteiger partial charge in [0.2, 0.25) is 0 Å². The largest absolute Gasteiger partial charge is 0.463 e. The lowest BCUT2D eigenvalue weighted by atomic mass is 10.2. The van der Waals surface area contributed by atoms with Crippen molar-refractivity contribution in [2.75, 3.05) is 0 Å². The van der Waals surface area contributed by atoms with Crippen LogP contribution in [0.4, 0.5) is 0 Å². The van der Waals surface area contributed by atoms with Crippen molar-refractivity contribution in [3.8, 4) is 11.5 Å². The van der Waals surface area contributed by atoms with Crippen molar-refractivity contribution >= 4 is 17.0 Å². The van der Waals surface area contributed by atoms with Gasteiger partial charge in [-0.15, -0.1) is 0 Å². The number of aryl methyl sites for hydroxylation is 2. The fourth-order valence-corrected chi connectivity index (χ4v) is 2.85. The highest BCUT2D eigenvalue weighted by Crippen LogP contribution is 2.20. The number of benzene rings is 1. The summed E-state index contributed by atoms with van der Waals surface area (Å²) in [6, 6.07) is 11.3. The topological polar surface area (TPSA) is 75.1 Å². The summed E-state index contributed by atoms with van der Waals surface area (Å²) in [4.78, 5) is 16.5. The minimum Gasteiger partial charge on any atom is -0.463 e. The van der Waals surface area contributed by atoms with Crippen LogP contribution in [-0.2, 0) is 36.7 Å². The zero-order chi connectivity index (χ0) is 18.1. The van der Waals surface area contributed by atoms with Crippen LogP contribution in [0.1, 0.15) is 11.3 Å². The van der Waals surface area contributed by atoms with E-state index in [4.69, 9.17) is 9.15 Å². The summed E-state index contributed by atoms with van der Waals surface area (Å²) >= 11 is 0. The molecule has 0 radical (unpaired) electrons. The smallest absolute Gasteiger partial charge is 0.312 e. The number of fused-ring (bicyclic) bond motifs is 1. The van der Waals surface area contributed by atoms with Gasteiger partial charge in [-0.05, 0) is 35.9 Å². The zero-order valence-corrected chi connectivity index (χ0v) is 14.5. The Balaban J connectivity index is 1.40. The highest BCUT2D eigenvalue weighted by atomic mass is 16.5. The molecule has 3 aromatic heterocycles. The number of hydrogen-bond acceptors (Lipinski definition) is 5. The molecule has 0 atom stereocenters. The van der Waals surface area contributed by atoms with E-state index >= 15 is 0 Å². The van der Waals surface area contributed by atoms with E-state index in [1.165, 1.54) is 0 Å². The molecule has 0 fully saturated rings. The first-order valence-electron chi connectivity index (χ1n) is 8.22. The molecule has 132 valence electrons. The molecular weight excluding hydrogens is 332 g/mol. The van der Waals surface area contributed by atoms with Crippen molar-refractivity contribution in [2.45, 2.75) is 13.0 Å². The summed E-state index contributed by atoms with van der Waals surface area (Å²) < 4.78 is 14.4. The monoisotopic (exact) mass is 350 g/mol. The summed E-state index contributed by atoms with van der Waals surface area (Å²) in [6.07, 6.45) is 3.51. The first-order valence-corrected chi connectivity index (χ1v) is 8.22. The number of nitrogens with zero attached hydrogens (tertiary/aromatic N) is 4. The number of furan rings is 1. The predicted molar refractivity (Wildman–Crippen MR) is 95.1 cm³/mol. The van der Waals surface area contributed by atoms with E-state index in [2.05, 4.69) is 10.1 Å². The van der Waals surface area contributed by atoms with Crippen molar-refractivity contribution in [1.82, 2.24) is 19.3 Å². The summed E-state index contributed by atoms with van der Waals surface area (Å²) in [5, 5.41) is 4.37. The van der Waals surface area contributed by atoms with Gasteiger partial charge < -0.3 is 13.7 Å². The van der Waals surface area contributed by atoms with Gasteiger partial charge in [-0.25, -0.2) is 4.98 Å². The number of aromatic nitrogens is 4. The lowest BCUT2D eigenvalue weighted by Gasteiger charge is -2.05. The second kappa shape index (κ2) is 6.51. The molecule has 26 heavy (non-hydrogen) atoms.